The smallest absolute Gasteiger partial charge is 0.0809 e. The van der Waals surface area contributed by atoms with Crippen LogP contribution in [0.4, 0.5) is 0 Å². The van der Waals surface area contributed by atoms with Gasteiger partial charge in [0.1, 0.15) is 0 Å². The van der Waals surface area contributed by atoms with Crippen LogP contribution in [-0.4, -0.2) is 25.9 Å². The van der Waals surface area contributed by atoms with Crippen LogP contribution >= 0.6 is 0 Å². The molecule has 81 valence electrons. The average molecular weight is 205 g/mol. The van der Waals surface area contributed by atoms with Gasteiger partial charge in [-0.15, -0.1) is 0 Å². The van der Waals surface area contributed by atoms with Gasteiger partial charge >= 0.3 is 0 Å². The van der Waals surface area contributed by atoms with E-state index >= 15 is 0 Å². The molecule has 1 saturated heterocycles. The minimum Gasteiger partial charge on any atom is -0.379 e. The van der Waals surface area contributed by atoms with Gasteiger partial charge in [-0.3, -0.25) is 0 Å². The zero-order chi connectivity index (χ0) is 10.3. The highest BCUT2D eigenvalue weighted by Crippen LogP contribution is 2.10. The molecule has 1 unspecified atom stereocenters. The van der Waals surface area contributed by atoms with Gasteiger partial charge in [-0.2, -0.15) is 0 Å². The maximum absolute atomic E-state index is 5.75. The molecule has 1 atom stereocenters. The SMILES string of the molecule is [c]1ccc(CCOC2CCCOC2)cc1. The predicted octanol–water partition coefficient (Wildman–Crippen LogP) is 2.22. The summed E-state index contributed by atoms with van der Waals surface area (Å²) in [5.74, 6) is 0. The molecule has 1 aromatic rings. The van der Waals surface area contributed by atoms with Gasteiger partial charge in [-0.05, 0) is 30.9 Å². The van der Waals surface area contributed by atoms with Gasteiger partial charge in [0.15, 0.2) is 0 Å². The van der Waals surface area contributed by atoms with Gasteiger partial charge in [-0.1, -0.05) is 24.3 Å². The van der Waals surface area contributed by atoms with Crippen LogP contribution in [0.1, 0.15) is 18.4 Å². The second-order valence-electron chi connectivity index (χ2n) is 3.87. The summed E-state index contributed by atoms with van der Waals surface area (Å²) in [6, 6.07) is 11.1. The van der Waals surface area contributed by atoms with E-state index in [2.05, 4.69) is 18.2 Å². The van der Waals surface area contributed by atoms with Gasteiger partial charge in [0.25, 0.3) is 0 Å². The van der Waals surface area contributed by atoms with E-state index < -0.39 is 0 Å². The Kier molecular flexibility index (Phi) is 4.18. The molecular formula is C13H17O2. The molecule has 2 heteroatoms. The topological polar surface area (TPSA) is 18.5 Å². The summed E-state index contributed by atoms with van der Waals surface area (Å²) in [5, 5.41) is 0. The second kappa shape index (κ2) is 5.89. The third-order valence-electron chi connectivity index (χ3n) is 2.65. The molecule has 1 heterocycles. The van der Waals surface area contributed by atoms with Crippen molar-refractivity contribution >= 4 is 0 Å². The van der Waals surface area contributed by atoms with E-state index in [1.165, 1.54) is 5.56 Å². The summed E-state index contributed by atoms with van der Waals surface area (Å²) in [7, 11) is 0. The fourth-order valence-corrected chi connectivity index (χ4v) is 1.77. The van der Waals surface area contributed by atoms with Gasteiger partial charge < -0.3 is 9.47 Å². The molecule has 0 aliphatic carbocycles. The van der Waals surface area contributed by atoms with Crippen molar-refractivity contribution in [1.29, 1.82) is 0 Å². The Morgan fingerprint density at radius 3 is 3.00 bits per heavy atom. The maximum atomic E-state index is 5.75. The fraction of sp³-hybridized carbons (Fsp3) is 0.538. The van der Waals surface area contributed by atoms with Gasteiger partial charge in [0, 0.05) is 6.61 Å². The maximum Gasteiger partial charge on any atom is 0.0809 e. The molecular weight excluding hydrogens is 188 g/mol. The Morgan fingerprint density at radius 2 is 2.27 bits per heavy atom. The molecule has 2 rings (SSSR count). The summed E-state index contributed by atoms with van der Waals surface area (Å²) >= 11 is 0. The van der Waals surface area contributed by atoms with Crippen LogP contribution in [-0.2, 0) is 15.9 Å². The highest BCUT2D eigenvalue weighted by molar-refractivity contribution is 5.13. The summed E-state index contributed by atoms with van der Waals surface area (Å²) in [6.45, 7) is 2.45. The monoisotopic (exact) mass is 205 g/mol. The number of rotatable bonds is 4. The molecule has 0 N–H and O–H groups in total. The van der Waals surface area contributed by atoms with Crippen molar-refractivity contribution < 1.29 is 9.47 Å². The Hall–Kier alpha value is -0.860. The number of hydrogen-bond acceptors (Lipinski definition) is 2. The number of ether oxygens (including phenoxy) is 2. The van der Waals surface area contributed by atoms with Crippen LogP contribution in [0.25, 0.3) is 0 Å². The van der Waals surface area contributed by atoms with Crippen molar-refractivity contribution in [2.24, 2.45) is 0 Å². The minimum atomic E-state index is 0.314. The van der Waals surface area contributed by atoms with E-state index in [-0.39, 0.29) is 0 Å². The van der Waals surface area contributed by atoms with E-state index in [1.54, 1.807) is 0 Å². The lowest BCUT2D eigenvalue weighted by Gasteiger charge is -2.22. The van der Waals surface area contributed by atoms with Gasteiger partial charge in [0.2, 0.25) is 0 Å². The Labute approximate surface area is 91.2 Å². The van der Waals surface area contributed by atoms with Crippen molar-refractivity contribution in [3.05, 3.63) is 35.9 Å². The van der Waals surface area contributed by atoms with Crippen LogP contribution in [0.3, 0.4) is 0 Å². The molecule has 1 aliphatic rings. The Bertz CT molecular complexity index is 265. The molecule has 1 aliphatic heterocycles. The van der Waals surface area contributed by atoms with Gasteiger partial charge in [0.05, 0.1) is 19.3 Å². The van der Waals surface area contributed by atoms with Crippen molar-refractivity contribution in [2.45, 2.75) is 25.4 Å². The van der Waals surface area contributed by atoms with E-state index in [9.17, 15) is 0 Å². The Balaban J connectivity index is 1.66. The first-order valence-electron chi connectivity index (χ1n) is 5.59. The molecule has 0 bridgehead atoms. The van der Waals surface area contributed by atoms with E-state index in [0.29, 0.717) is 6.10 Å². The van der Waals surface area contributed by atoms with Crippen molar-refractivity contribution in [2.75, 3.05) is 19.8 Å². The number of hydrogen-bond donors (Lipinski definition) is 0. The highest BCUT2D eigenvalue weighted by atomic mass is 16.5. The molecule has 2 nitrogen and oxygen atoms in total. The second-order valence-corrected chi connectivity index (χ2v) is 3.87. The summed E-state index contributed by atoms with van der Waals surface area (Å²) in [4.78, 5) is 0. The van der Waals surface area contributed by atoms with E-state index in [4.69, 9.17) is 9.47 Å². The van der Waals surface area contributed by atoms with Crippen molar-refractivity contribution in [3.8, 4) is 0 Å². The van der Waals surface area contributed by atoms with E-state index in [0.717, 1.165) is 39.1 Å². The molecule has 1 radical (unpaired) electrons. The van der Waals surface area contributed by atoms with Crippen LogP contribution in [0.15, 0.2) is 24.3 Å². The highest BCUT2D eigenvalue weighted by Gasteiger charge is 2.13. The standard InChI is InChI=1S/C13H17O2/c1-2-5-12(6-3-1)8-10-15-13-7-4-9-14-11-13/h2-3,5-6,13H,4,7-11H2. The zero-order valence-electron chi connectivity index (χ0n) is 8.95. The van der Waals surface area contributed by atoms with Crippen LogP contribution in [0.2, 0.25) is 0 Å². The average Bonchev–Trinajstić information content (AvgIpc) is 2.32. The first-order chi connectivity index (χ1) is 7.45. The minimum absolute atomic E-state index is 0.314. The largest absolute Gasteiger partial charge is 0.379 e. The molecule has 0 aromatic heterocycles. The summed E-state index contributed by atoms with van der Waals surface area (Å²) < 4.78 is 11.1. The Morgan fingerprint density at radius 1 is 1.40 bits per heavy atom. The molecule has 0 amide bonds. The van der Waals surface area contributed by atoms with E-state index in [1.807, 2.05) is 12.1 Å². The molecule has 0 saturated carbocycles. The third-order valence-corrected chi connectivity index (χ3v) is 2.65. The van der Waals surface area contributed by atoms with Crippen molar-refractivity contribution in [3.63, 3.8) is 0 Å². The lowest BCUT2D eigenvalue weighted by molar-refractivity contribution is -0.0489. The first-order valence-corrected chi connectivity index (χ1v) is 5.59. The van der Waals surface area contributed by atoms with Crippen molar-refractivity contribution in [1.82, 2.24) is 0 Å². The van der Waals surface area contributed by atoms with Crippen LogP contribution < -0.4 is 0 Å². The molecule has 1 fully saturated rings. The molecule has 15 heavy (non-hydrogen) atoms. The quantitative estimate of drug-likeness (QED) is 0.750. The lowest BCUT2D eigenvalue weighted by atomic mass is 10.1. The first kappa shape index (κ1) is 10.7. The molecule has 0 spiro atoms. The number of benzene rings is 1. The lowest BCUT2D eigenvalue weighted by Crippen LogP contribution is -2.26. The van der Waals surface area contributed by atoms with Crippen LogP contribution in [0, 0.1) is 6.07 Å². The predicted molar refractivity (Wildman–Crippen MR) is 58.8 cm³/mol. The fourth-order valence-electron chi connectivity index (χ4n) is 1.77. The normalized spacial score (nSPS) is 21.5. The van der Waals surface area contributed by atoms with Crippen LogP contribution in [0.5, 0.6) is 0 Å². The summed E-state index contributed by atoms with van der Waals surface area (Å²) in [6.07, 6.45) is 3.56. The zero-order valence-corrected chi connectivity index (χ0v) is 8.95. The summed E-state index contributed by atoms with van der Waals surface area (Å²) in [5.41, 5.74) is 1.31. The molecule has 1 aromatic carbocycles. The van der Waals surface area contributed by atoms with Gasteiger partial charge in [-0.25, -0.2) is 0 Å². The third kappa shape index (κ3) is 3.65.